The number of hydrogen-bond acceptors (Lipinski definition) is 2. The van der Waals surface area contributed by atoms with Gasteiger partial charge in [-0.15, -0.1) is 0 Å². The van der Waals surface area contributed by atoms with Crippen LogP contribution in [0.3, 0.4) is 0 Å². The summed E-state index contributed by atoms with van der Waals surface area (Å²) in [7, 11) is 1.36. The normalized spacial score (nSPS) is 29.0. The Kier molecular flexibility index (Phi) is 2.00. The minimum absolute atomic E-state index is 0.230. The summed E-state index contributed by atoms with van der Waals surface area (Å²) in [5, 5.41) is 9.56. The van der Waals surface area contributed by atoms with E-state index in [1.165, 1.54) is 7.05 Å². The van der Waals surface area contributed by atoms with Crippen molar-refractivity contribution in [2.75, 3.05) is 7.05 Å². The molecule has 1 amide bonds. The highest BCUT2D eigenvalue weighted by atomic mass is 16.5. The fourth-order valence-corrected chi connectivity index (χ4v) is 1.36. The zero-order valence-electron chi connectivity index (χ0n) is 6.87. The molecule has 1 aliphatic rings. The van der Waals surface area contributed by atoms with Gasteiger partial charge in [-0.3, -0.25) is 10.0 Å². The number of amides is 1. The summed E-state index contributed by atoms with van der Waals surface area (Å²) < 4.78 is 0. The van der Waals surface area contributed by atoms with Crippen molar-refractivity contribution in [3.05, 3.63) is 12.2 Å². The van der Waals surface area contributed by atoms with E-state index >= 15 is 0 Å². The lowest BCUT2D eigenvalue weighted by molar-refractivity contribution is -0.167. The van der Waals surface area contributed by atoms with Gasteiger partial charge in [0.1, 0.15) is 0 Å². The Hall–Kier alpha value is -0.830. The molecule has 62 valence electrons. The van der Waals surface area contributed by atoms with E-state index in [0.29, 0.717) is 5.06 Å². The van der Waals surface area contributed by atoms with Crippen LogP contribution in [-0.2, 0) is 4.79 Å². The number of hydrogen-bond donors (Lipinski definition) is 1. The van der Waals surface area contributed by atoms with Gasteiger partial charge in [-0.2, -0.15) is 0 Å². The van der Waals surface area contributed by atoms with E-state index in [1.54, 1.807) is 0 Å². The van der Waals surface area contributed by atoms with E-state index in [2.05, 4.69) is 0 Å². The molecule has 0 spiro atoms. The summed E-state index contributed by atoms with van der Waals surface area (Å²) in [6.45, 7) is 1.84. The fourth-order valence-electron chi connectivity index (χ4n) is 1.36. The highest BCUT2D eigenvalue weighted by Gasteiger charge is 2.34. The highest BCUT2D eigenvalue weighted by molar-refractivity contribution is 5.83. The Balaban J connectivity index is 2.72. The highest BCUT2D eigenvalue weighted by Crippen LogP contribution is 2.32. The lowest BCUT2D eigenvalue weighted by Gasteiger charge is -2.22. The molecule has 1 N–H and O–H groups in total. The first kappa shape index (κ1) is 8.27. The number of nitrogens with zero attached hydrogens (tertiary/aromatic N) is 1. The van der Waals surface area contributed by atoms with Crippen molar-refractivity contribution in [2.24, 2.45) is 5.41 Å². The van der Waals surface area contributed by atoms with E-state index in [9.17, 15) is 4.79 Å². The monoisotopic (exact) mass is 155 g/mol. The Morgan fingerprint density at radius 3 is 2.73 bits per heavy atom. The molecule has 3 heteroatoms. The minimum atomic E-state index is -0.469. The van der Waals surface area contributed by atoms with Crippen molar-refractivity contribution in [2.45, 2.75) is 19.8 Å². The van der Waals surface area contributed by atoms with Crippen LogP contribution in [0.4, 0.5) is 0 Å². The maximum Gasteiger partial charge on any atom is 0.255 e. The van der Waals surface area contributed by atoms with Gasteiger partial charge < -0.3 is 0 Å². The quantitative estimate of drug-likeness (QED) is 0.351. The summed E-state index contributed by atoms with van der Waals surface area (Å²) >= 11 is 0. The van der Waals surface area contributed by atoms with Crippen LogP contribution in [-0.4, -0.2) is 23.2 Å². The average Bonchev–Trinajstić information content (AvgIpc) is 2.35. The summed E-state index contributed by atoms with van der Waals surface area (Å²) in [4.78, 5) is 11.3. The lowest BCUT2D eigenvalue weighted by Crippen LogP contribution is -2.35. The minimum Gasteiger partial charge on any atom is -0.286 e. The maximum absolute atomic E-state index is 11.3. The molecule has 0 bridgehead atoms. The van der Waals surface area contributed by atoms with E-state index < -0.39 is 5.41 Å². The standard InChI is InChI=1S/C8H13NO2/c1-8(5-3-4-6-8)7(10)9(2)11/h3,5,11H,4,6H2,1-2H3. The molecule has 11 heavy (non-hydrogen) atoms. The zero-order valence-corrected chi connectivity index (χ0v) is 6.87. The largest absolute Gasteiger partial charge is 0.286 e. The summed E-state index contributed by atoms with van der Waals surface area (Å²) in [6.07, 6.45) is 5.57. The predicted molar refractivity (Wildman–Crippen MR) is 41.0 cm³/mol. The van der Waals surface area contributed by atoms with Crippen molar-refractivity contribution < 1.29 is 10.0 Å². The zero-order chi connectivity index (χ0) is 8.48. The number of carbonyl (C=O) groups excluding carboxylic acids is 1. The molecule has 1 atom stereocenters. The molecule has 3 nitrogen and oxygen atoms in total. The van der Waals surface area contributed by atoms with Crippen molar-refractivity contribution >= 4 is 5.91 Å². The lowest BCUT2D eigenvalue weighted by atomic mass is 9.89. The SMILES string of the molecule is CN(O)C(=O)C1(C)C=CCC1. The molecular formula is C8H13NO2. The van der Waals surface area contributed by atoms with E-state index in [4.69, 9.17) is 5.21 Å². The molecule has 0 aromatic carbocycles. The maximum atomic E-state index is 11.3. The third-order valence-electron chi connectivity index (χ3n) is 2.10. The molecule has 1 aliphatic carbocycles. The van der Waals surface area contributed by atoms with Crippen LogP contribution in [0.1, 0.15) is 19.8 Å². The Morgan fingerprint density at radius 1 is 1.73 bits per heavy atom. The van der Waals surface area contributed by atoms with Gasteiger partial charge in [0.25, 0.3) is 5.91 Å². The van der Waals surface area contributed by atoms with E-state index in [1.807, 2.05) is 19.1 Å². The molecule has 0 aliphatic heterocycles. The van der Waals surface area contributed by atoms with Crippen LogP contribution in [0.5, 0.6) is 0 Å². The first-order chi connectivity index (χ1) is 5.06. The number of rotatable bonds is 1. The van der Waals surface area contributed by atoms with Gasteiger partial charge in [-0.1, -0.05) is 12.2 Å². The van der Waals surface area contributed by atoms with Crippen molar-refractivity contribution in [3.8, 4) is 0 Å². The van der Waals surface area contributed by atoms with Crippen LogP contribution in [0.2, 0.25) is 0 Å². The second kappa shape index (κ2) is 2.66. The van der Waals surface area contributed by atoms with Crippen molar-refractivity contribution in [1.29, 1.82) is 0 Å². The summed E-state index contributed by atoms with van der Waals surface area (Å²) in [5.41, 5.74) is -0.469. The van der Waals surface area contributed by atoms with E-state index in [0.717, 1.165) is 12.8 Å². The first-order valence-electron chi connectivity index (χ1n) is 3.71. The summed E-state index contributed by atoms with van der Waals surface area (Å²) in [6, 6.07) is 0. The number of allylic oxidation sites excluding steroid dienone is 1. The molecule has 0 heterocycles. The number of carbonyl (C=O) groups is 1. The van der Waals surface area contributed by atoms with Gasteiger partial charge in [0.15, 0.2) is 0 Å². The molecule has 1 rings (SSSR count). The van der Waals surface area contributed by atoms with Gasteiger partial charge in [0, 0.05) is 7.05 Å². The van der Waals surface area contributed by atoms with Gasteiger partial charge in [-0.25, -0.2) is 5.06 Å². The molecule has 1 unspecified atom stereocenters. The average molecular weight is 155 g/mol. The smallest absolute Gasteiger partial charge is 0.255 e. The molecule has 0 saturated heterocycles. The van der Waals surface area contributed by atoms with Crippen LogP contribution >= 0.6 is 0 Å². The van der Waals surface area contributed by atoms with Crippen molar-refractivity contribution in [3.63, 3.8) is 0 Å². The molecule has 0 radical (unpaired) electrons. The van der Waals surface area contributed by atoms with Crippen LogP contribution in [0.25, 0.3) is 0 Å². The predicted octanol–water partition coefficient (Wildman–Crippen LogP) is 1.19. The molecule has 0 aromatic rings. The molecular weight excluding hydrogens is 142 g/mol. The second-order valence-electron chi connectivity index (χ2n) is 3.19. The van der Waals surface area contributed by atoms with Gasteiger partial charge in [-0.05, 0) is 19.8 Å². The van der Waals surface area contributed by atoms with Crippen LogP contribution < -0.4 is 0 Å². The second-order valence-corrected chi connectivity index (χ2v) is 3.19. The fraction of sp³-hybridized carbons (Fsp3) is 0.625. The van der Waals surface area contributed by atoms with Gasteiger partial charge in [0.05, 0.1) is 5.41 Å². The Bertz CT molecular complexity index is 198. The third kappa shape index (κ3) is 1.43. The first-order valence-corrected chi connectivity index (χ1v) is 3.71. The van der Waals surface area contributed by atoms with E-state index in [-0.39, 0.29) is 5.91 Å². The van der Waals surface area contributed by atoms with Crippen molar-refractivity contribution in [1.82, 2.24) is 5.06 Å². The summed E-state index contributed by atoms with van der Waals surface area (Å²) in [5.74, 6) is -0.230. The van der Waals surface area contributed by atoms with Gasteiger partial charge >= 0.3 is 0 Å². The molecule has 0 saturated carbocycles. The molecule has 0 fully saturated rings. The Morgan fingerprint density at radius 2 is 2.36 bits per heavy atom. The van der Waals surface area contributed by atoms with Crippen LogP contribution in [0.15, 0.2) is 12.2 Å². The third-order valence-corrected chi connectivity index (χ3v) is 2.10. The van der Waals surface area contributed by atoms with Crippen LogP contribution in [0, 0.1) is 5.41 Å². The Labute approximate surface area is 66.3 Å². The topological polar surface area (TPSA) is 40.5 Å². The number of hydroxylamine groups is 2. The van der Waals surface area contributed by atoms with Gasteiger partial charge in [0.2, 0.25) is 0 Å². The molecule has 0 aromatic heterocycles.